The lowest BCUT2D eigenvalue weighted by Crippen LogP contribution is -2.04. The standard InChI is InChI=1S/C19H13NO2/c21-18(19-10-5-11-22-19)12-15-13-6-1-3-8-16(13)20-17-9-4-2-7-14(15)17/h1-11H,12H2. The predicted molar refractivity (Wildman–Crippen MR) is 86.0 cm³/mol. The van der Waals surface area contributed by atoms with Crippen LogP contribution in [0, 0.1) is 0 Å². The zero-order valence-electron chi connectivity index (χ0n) is 11.8. The van der Waals surface area contributed by atoms with E-state index in [0.717, 1.165) is 27.4 Å². The molecule has 106 valence electrons. The number of carbonyl (C=O) groups is 1. The zero-order valence-corrected chi connectivity index (χ0v) is 11.8. The van der Waals surface area contributed by atoms with Crippen LogP contribution in [0.4, 0.5) is 0 Å². The van der Waals surface area contributed by atoms with Crippen molar-refractivity contribution >= 4 is 27.6 Å². The number of hydrogen-bond donors (Lipinski definition) is 0. The number of aromatic nitrogens is 1. The van der Waals surface area contributed by atoms with Gasteiger partial charge >= 0.3 is 0 Å². The van der Waals surface area contributed by atoms with Crippen molar-refractivity contribution in [1.29, 1.82) is 0 Å². The van der Waals surface area contributed by atoms with Gasteiger partial charge in [0, 0.05) is 17.2 Å². The molecule has 0 unspecified atom stereocenters. The molecule has 0 spiro atoms. The summed E-state index contributed by atoms with van der Waals surface area (Å²) >= 11 is 0. The van der Waals surface area contributed by atoms with Crippen molar-refractivity contribution < 1.29 is 9.21 Å². The molecule has 0 atom stereocenters. The molecule has 0 aliphatic rings. The Bertz CT molecular complexity index is 917. The van der Waals surface area contributed by atoms with Gasteiger partial charge in [0.2, 0.25) is 5.78 Å². The number of Topliss-reactive ketones (excluding diaryl/α,β-unsaturated/α-hetero) is 1. The maximum atomic E-state index is 12.4. The minimum Gasteiger partial charge on any atom is -0.461 e. The van der Waals surface area contributed by atoms with Gasteiger partial charge < -0.3 is 4.42 Å². The molecule has 3 nitrogen and oxygen atoms in total. The number of furan rings is 1. The Kier molecular flexibility index (Phi) is 2.97. The number of nitrogens with zero attached hydrogens (tertiary/aromatic N) is 1. The van der Waals surface area contributed by atoms with Gasteiger partial charge in [-0.1, -0.05) is 36.4 Å². The normalized spacial score (nSPS) is 11.1. The van der Waals surface area contributed by atoms with E-state index in [9.17, 15) is 4.79 Å². The predicted octanol–water partition coefficient (Wildman–Crippen LogP) is 4.41. The number of pyridine rings is 1. The Morgan fingerprint density at radius 1 is 0.864 bits per heavy atom. The quantitative estimate of drug-likeness (QED) is 0.414. The molecule has 0 fully saturated rings. The van der Waals surface area contributed by atoms with E-state index in [0.29, 0.717) is 12.2 Å². The van der Waals surface area contributed by atoms with Crippen molar-refractivity contribution in [2.45, 2.75) is 6.42 Å². The average molecular weight is 287 g/mol. The summed E-state index contributed by atoms with van der Waals surface area (Å²) in [6, 6.07) is 19.3. The molecule has 2 aromatic carbocycles. The Labute approximate surface area is 127 Å². The van der Waals surface area contributed by atoms with E-state index in [1.807, 2.05) is 48.5 Å². The van der Waals surface area contributed by atoms with Gasteiger partial charge in [-0.25, -0.2) is 4.98 Å². The first kappa shape index (κ1) is 12.8. The number of benzene rings is 2. The number of rotatable bonds is 3. The molecule has 22 heavy (non-hydrogen) atoms. The average Bonchev–Trinajstić information content (AvgIpc) is 3.09. The summed E-state index contributed by atoms with van der Waals surface area (Å²) in [4.78, 5) is 17.1. The minimum absolute atomic E-state index is 0.0218. The van der Waals surface area contributed by atoms with Crippen LogP contribution >= 0.6 is 0 Å². The summed E-state index contributed by atoms with van der Waals surface area (Å²) in [5, 5.41) is 2.03. The molecule has 0 aliphatic heterocycles. The fraction of sp³-hybridized carbons (Fsp3) is 0.0526. The molecule has 3 heteroatoms. The van der Waals surface area contributed by atoms with Gasteiger partial charge in [0.25, 0.3) is 0 Å². The second-order valence-electron chi connectivity index (χ2n) is 5.20. The van der Waals surface area contributed by atoms with Gasteiger partial charge in [0.05, 0.1) is 17.3 Å². The second-order valence-corrected chi connectivity index (χ2v) is 5.20. The first-order valence-electron chi connectivity index (χ1n) is 7.16. The highest BCUT2D eigenvalue weighted by Crippen LogP contribution is 2.27. The molecular weight excluding hydrogens is 274 g/mol. The zero-order chi connectivity index (χ0) is 14.9. The van der Waals surface area contributed by atoms with Crippen LogP contribution < -0.4 is 0 Å². The van der Waals surface area contributed by atoms with Crippen LogP contribution in [0.1, 0.15) is 16.1 Å². The van der Waals surface area contributed by atoms with Crippen molar-refractivity contribution in [3.05, 3.63) is 78.3 Å². The van der Waals surface area contributed by atoms with Crippen molar-refractivity contribution in [3.63, 3.8) is 0 Å². The molecule has 4 rings (SSSR count). The van der Waals surface area contributed by atoms with Gasteiger partial charge in [-0.05, 0) is 29.8 Å². The minimum atomic E-state index is -0.0218. The highest BCUT2D eigenvalue weighted by Gasteiger charge is 2.15. The largest absolute Gasteiger partial charge is 0.461 e. The first-order chi connectivity index (χ1) is 10.8. The van der Waals surface area contributed by atoms with Crippen molar-refractivity contribution in [2.24, 2.45) is 0 Å². The fourth-order valence-electron chi connectivity index (χ4n) is 2.80. The van der Waals surface area contributed by atoms with E-state index in [1.54, 1.807) is 12.1 Å². The maximum absolute atomic E-state index is 12.4. The van der Waals surface area contributed by atoms with Crippen LogP contribution in [0.5, 0.6) is 0 Å². The van der Waals surface area contributed by atoms with Crippen LogP contribution in [0.2, 0.25) is 0 Å². The van der Waals surface area contributed by atoms with Crippen molar-refractivity contribution in [3.8, 4) is 0 Å². The summed E-state index contributed by atoms with van der Waals surface area (Å²) in [5.74, 6) is 0.372. The van der Waals surface area contributed by atoms with E-state index in [4.69, 9.17) is 4.42 Å². The molecule has 0 radical (unpaired) electrons. The SMILES string of the molecule is O=C(Cc1c2ccccc2nc2ccccc12)c1ccco1. The summed E-state index contributed by atoms with van der Waals surface area (Å²) < 4.78 is 5.23. The van der Waals surface area contributed by atoms with Crippen LogP contribution in [-0.4, -0.2) is 10.8 Å². The van der Waals surface area contributed by atoms with E-state index in [-0.39, 0.29) is 5.78 Å². The number of hydrogen-bond acceptors (Lipinski definition) is 3. The fourth-order valence-corrected chi connectivity index (χ4v) is 2.80. The lowest BCUT2D eigenvalue weighted by atomic mass is 9.97. The highest BCUT2D eigenvalue weighted by atomic mass is 16.3. The third kappa shape index (κ3) is 2.07. The maximum Gasteiger partial charge on any atom is 0.202 e. The number of ketones is 1. The highest BCUT2D eigenvalue weighted by molar-refractivity contribution is 6.04. The van der Waals surface area contributed by atoms with Gasteiger partial charge in [-0.15, -0.1) is 0 Å². The molecule has 0 saturated carbocycles. The Balaban J connectivity index is 1.94. The second kappa shape index (κ2) is 5.11. The molecule has 0 bridgehead atoms. The van der Waals surface area contributed by atoms with E-state index in [1.165, 1.54) is 6.26 Å². The molecule has 0 aliphatic carbocycles. The Hall–Kier alpha value is -2.94. The number of para-hydroxylation sites is 2. The topological polar surface area (TPSA) is 43.1 Å². The third-order valence-corrected chi connectivity index (χ3v) is 3.83. The molecule has 0 amide bonds. The van der Waals surface area contributed by atoms with Crippen LogP contribution in [0.25, 0.3) is 21.8 Å². The number of fused-ring (bicyclic) bond motifs is 2. The lowest BCUT2D eigenvalue weighted by molar-refractivity contribution is 0.0967. The van der Waals surface area contributed by atoms with Gasteiger partial charge in [-0.3, -0.25) is 4.79 Å². The monoisotopic (exact) mass is 287 g/mol. The Morgan fingerprint density at radius 2 is 1.50 bits per heavy atom. The van der Waals surface area contributed by atoms with Crippen molar-refractivity contribution in [1.82, 2.24) is 4.98 Å². The lowest BCUT2D eigenvalue weighted by Gasteiger charge is -2.09. The third-order valence-electron chi connectivity index (χ3n) is 3.83. The smallest absolute Gasteiger partial charge is 0.202 e. The van der Waals surface area contributed by atoms with E-state index in [2.05, 4.69) is 4.98 Å². The van der Waals surface area contributed by atoms with E-state index < -0.39 is 0 Å². The van der Waals surface area contributed by atoms with Crippen LogP contribution in [0.15, 0.2) is 71.3 Å². The molecule has 4 aromatic rings. The molecule has 2 heterocycles. The summed E-state index contributed by atoms with van der Waals surface area (Å²) in [6.45, 7) is 0. The van der Waals surface area contributed by atoms with Crippen molar-refractivity contribution in [2.75, 3.05) is 0 Å². The van der Waals surface area contributed by atoms with Gasteiger partial charge in [-0.2, -0.15) is 0 Å². The van der Waals surface area contributed by atoms with E-state index >= 15 is 0 Å². The van der Waals surface area contributed by atoms with Gasteiger partial charge in [0.1, 0.15) is 0 Å². The summed E-state index contributed by atoms with van der Waals surface area (Å²) in [7, 11) is 0. The summed E-state index contributed by atoms with van der Waals surface area (Å²) in [6.07, 6.45) is 1.83. The van der Waals surface area contributed by atoms with Crippen LogP contribution in [0.3, 0.4) is 0 Å². The Morgan fingerprint density at radius 3 is 2.09 bits per heavy atom. The number of carbonyl (C=O) groups excluding carboxylic acids is 1. The van der Waals surface area contributed by atoms with Gasteiger partial charge in [0.15, 0.2) is 5.76 Å². The first-order valence-corrected chi connectivity index (χ1v) is 7.16. The molecular formula is C19H13NO2. The molecule has 2 aromatic heterocycles. The molecule has 0 saturated heterocycles. The van der Waals surface area contributed by atoms with Crippen LogP contribution in [-0.2, 0) is 6.42 Å². The summed E-state index contributed by atoms with van der Waals surface area (Å²) in [5.41, 5.74) is 2.81. The molecule has 0 N–H and O–H groups in total.